The zero-order valence-electron chi connectivity index (χ0n) is 13.7. The first-order chi connectivity index (χ1) is 12.3. The Labute approximate surface area is 152 Å². The number of rotatable bonds is 5. The highest BCUT2D eigenvalue weighted by Gasteiger charge is 2.07. The van der Waals surface area contributed by atoms with Crippen LogP contribution in [0.2, 0.25) is 5.02 Å². The van der Waals surface area contributed by atoms with E-state index in [1.54, 1.807) is 0 Å². The fraction of sp³-hybridized carbons (Fsp3) is 0.0909. The Morgan fingerprint density at radius 3 is 2.36 bits per heavy atom. The molecular formula is C22H18ClNO. The lowest BCUT2D eigenvalue weighted by molar-refractivity contribution is 0.310. The number of hydrogen-bond donors (Lipinski definition) is 0. The van der Waals surface area contributed by atoms with Crippen molar-refractivity contribution in [2.24, 2.45) is 0 Å². The molecule has 0 spiro atoms. The smallest absolute Gasteiger partial charge is 0.129 e. The van der Waals surface area contributed by atoms with Gasteiger partial charge in [-0.3, -0.25) is 0 Å². The Hall–Kier alpha value is -2.71. The van der Waals surface area contributed by atoms with Gasteiger partial charge in [0.05, 0.1) is 5.52 Å². The van der Waals surface area contributed by atoms with Gasteiger partial charge in [-0.15, -0.1) is 0 Å². The zero-order valence-corrected chi connectivity index (χ0v) is 14.5. The number of aromatic nitrogens is 1. The van der Waals surface area contributed by atoms with Gasteiger partial charge in [-0.2, -0.15) is 0 Å². The monoisotopic (exact) mass is 347 g/mol. The Kier molecular flexibility index (Phi) is 4.45. The molecule has 0 radical (unpaired) electrons. The first-order valence-corrected chi connectivity index (χ1v) is 8.66. The maximum absolute atomic E-state index is 6.05. The molecule has 0 aliphatic rings. The molecule has 1 heterocycles. The minimum atomic E-state index is 0.572. The minimum Gasteiger partial charge on any atom is -0.488 e. The van der Waals surface area contributed by atoms with Gasteiger partial charge in [0.1, 0.15) is 12.4 Å². The van der Waals surface area contributed by atoms with E-state index in [0.29, 0.717) is 6.61 Å². The summed E-state index contributed by atoms with van der Waals surface area (Å²) >= 11 is 5.97. The van der Waals surface area contributed by atoms with E-state index in [1.807, 2.05) is 42.5 Å². The Morgan fingerprint density at radius 2 is 1.56 bits per heavy atom. The highest BCUT2D eigenvalue weighted by Crippen LogP contribution is 2.28. The molecule has 0 unspecified atom stereocenters. The van der Waals surface area contributed by atoms with Gasteiger partial charge in [0.15, 0.2) is 0 Å². The average molecular weight is 348 g/mol. The predicted octanol–water partition coefficient (Wildman–Crippen LogP) is 5.92. The number of halogens is 1. The topological polar surface area (TPSA) is 14.2 Å². The molecule has 0 saturated carbocycles. The van der Waals surface area contributed by atoms with Gasteiger partial charge in [0.25, 0.3) is 0 Å². The molecule has 2 nitrogen and oxygen atoms in total. The summed E-state index contributed by atoms with van der Waals surface area (Å²) in [4.78, 5) is 0. The summed E-state index contributed by atoms with van der Waals surface area (Å²) in [5.41, 5.74) is 3.55. The summed E-state index contributed by atoms with van der Waals surface area (Å²) in [5.74, 6) is 0.913. The van der Waals surface area contributed by atoms with E-state index in [2.05, 4.69) is 47.2 Å². The summed E-state index contributed by atoms with van der Waals surface area (Å²) in [6.07, 6.45) is 2.11. The number of fused-ring (bicyclic) bond motifs is 1. The van der Waals surface area contributed by atoms with Crippen LogP contribution in [0.5, 0.6) is 5.75 Å². The fourth-order valence-corrected chi connectivity index (χ4v) is 3.11. The molecule has 3 aromatic carbocycles. The molecule has 4 aromatic rings. The van der Waals surface area contributed by atoms with Crippen LogP contribution >= 0.6 is 11.6 Å². The first-order valence-electron chi connectivity index (χ1n) is 8.28. The van der Waals surface area contributed by atoms with Gasteiger partial charge in [-0.05, 0) is 41.5 Å². The standard InChI is InChI=1S/C22H18ClNO/c23-19-11-9-17(10-12-19)15-24-14-13-20-21(24)7-4-8-22(20)25-16-18-5-2-1-3-6-18/h1-14H,15-16H2. The van der Waals surface area contributed by atoms with Crippen LogP contribution in [0.4, 0.5) is 0 Å². The molecule has 0 aliphatic carbocycles. The molecule has 0 fully saturated rings. The maximum Gasteiger partial charge on any atom is 0.129 e. The first kappa shape index (κ1) is 15.8. The van der Waals surface area contributed by atoms with E-state index in [0.717, 1.165) is 22.7 Å². The van der Waals surface area contributed by atoms with Crippen LogP contribution in [0.15, 0.2) is 85.1 Å². The van der Waals surface area contributed by atoms with Gasteiger partial charge in [-0.1, -0.05) is 60.1 Å². The third-order valence-electron chi connectivity index (χ3n) is 4.28. The molecular weight excluding hydrogens is 330 g/mol. The van der Waals surface area contributed by atoms with Crippen LogP contribution in [-0.4, -0.2) is 4.57 Å². The summed E-state index contributed by atoms with van der Waals surface area (Å²) < 4.78 is 8.28. The van der Waals surface area contributed by atoms with Crippen molar-refractivity contribution in [3.05, 3.63) is 101 Å². The number of nitrogens with zero attached hydrogens (tertiary/aromatic N) is 1. The van der Waals surface area contributed by atoms with Crippen molar-refractivity contribution in [2.75, 3.05) is 0 Å². The highest BCUT2D eigenvalue weighted by molar-refractivity contribution is 6.30. The zero-order chi connectivity index (χ0) is 17.1. The van der Waals surface area contributed by atoms with Crippen molar-refractivity contribution in [1.82, 2.24) is 4.57 Å². The van der Waals surface area contributed by atoms with E-state index >= 15 is 0 Å². The highest BCUT2D eigenvalue weighted by atomic mass is 35.5. The van der Waals surface area contributed by atoms with E-state index < -0.39 is 0 Å². The third kappa shape index (κ3) is 3.54. The van der Waals surface area contributed by atoms with E-state index in [4.69, 9.17) is 16.3 Å². The van der Waals surface area contributed by atoms with Crippen LogP contribution in [0.1, 0.15) is 11.1 Å². The van der Waals surface area contributed by atoms with Crippen molar-refractivity contribution in [2.45, 2.75) is 13.2 Å². The van der Waals surface area contributed by atoms with Crippen LogP contribution in [0, 0.1) is 0 Å². The molecule has 1 aromatic heterocycles. The van der Waals surface area contributed by atoms with Crippen molar-refractivity contribution in [3.63, 3.8) is 0 Å². The second-order valence-corrected chi connectivity index (χ2v) is 6.47. The lowest BCUT2D eigenvalue weighted by atomic mass is 10.2. The summed E-state index contributed by atoms with van der Waals surface area (Å²) in [6.45, 7) is 1.38. The van der Waals surface area contributed by atoms with E-state index in [-0.39, 0.29) is 0 Å². The van der Waals surface area contributed by atoms with E-state index in [1.165, 1.54) is 16.6 Å². The molecule has 0 aliphatic heterocycles. The molecule has 124 valence electrons. The SMILES string of the molecule is Clc1ccc(Cn2ccc3c(OCc4ccccc4)cccc32)cc1. The van der Waals surface area contributed by atoms with Gasteiger partial charge in [0, 0.05) is 23.2 Å². The van der Waals surface area contributed by atoms with Gasteiger partial charge >= 0.3 is 0 Å². The second-order valence-electron chi connectivity index (χ2n) is 6.03. The minimum absolute atomic E-state index is 0.572. The van der Waals surface area contributed by atoms with Crippen LogP contribution < -0.4 is 4.74 Å². The summed E-state index contributed by atoms with van der Waals surface area (Å²) in [6, 6.07) is 26.5. The number of ether oxygens (including phenoxy) is 1. The van der Waals surface area contributed by atoms with E-state index in [9.17, 15) is 0 Å². The molecule has 0 saturated heterocycles. The molecule has 0 atom stereocenters. The van der Waals surface area contributed by atoms with Crippen molar-refractivity contribution < 1.29 is 4.74 Å². The number of benzene rings is 3. The van der Waals surface area contributed by atoms with Crippen LogP contribution in [-0.2, 0) is 13.2 Å². The molecule has 0 N–H and O–H groups in total. The van der Waals surface area contributed by atoms with Gasteiger partial charge in [0.2, 0.25) is 0 Å². The lowest BCUT2D eigenvalue weighted by Gasteiger charge is -2.09. The Bertz CT molecular complexity index is 974. The molecule has 4 rings (SSSR count). The summed E-state index contributed by atoms with van der Waals surface area (Å²) in [5, 5.41) is 1.89. The average Bonchev–Trinajstić information content (AvgIpc) is 3.06. The maximum atomic E-state index is 6.05. The third-order valence-corrected chi connectivity index (χ3v) is 4.53. The molecule has 3 heteroatoms. The Balaban J connectivity index is 1.58. The largest absolute Gasteiger partial charge is 0.488 e. The lowest BCUT2D eigenvalue weighted by Crippen LogP contribution is -1.98. The van der Waals surface area contributed by atoms with Gasteiger partial charge in [-0.25, -0.2) is 0 Å². The van der Waals surface area contributed by atoms with Crippen LogP contribution in [0.3, 0.4) is 0 Å². The number of hydrogen-bond acceptors (Lipinski definition) is 1. The molecule has 0 bridgehead atoms. The van der Waals surface area contributed by atoms with Crippen molar-refractivity contribution >= 4 is 22.5 Å². The van der Waals surface area contributed by atoms with Crippen LogP contribution in [0.25, 0.3) is 10.9 Å². The van der Waals surface area contributed by atoms with Crippen molar-refractivity contribution in [3.8, 4) is 5.75 Å². The second kappa shape index (κ2) is 7.04. The van der Waals surface area contributed by atoms with Gasteiger partial charge < -0.3 is 9.30 Å². The predicted molar refractivity (Wildman–Crippen MR) is 103 cm³/mol. The molecule has 25 heavy (non-hydrogen) atoms. The van der Waals surface area contributed by atoms with Crippen molar-refractivity contribution in [1.29, 1.82) is 0 Å². The normalized spacial score (nSPS) is 10.9. The quantitative estimate of drug-likeness (QED) is 0.437. The Morgan fingerprint density at radius 1 is 0.760 bits per heavy atom. The summed E-state index contributed by atoms with van der Waals surface area (Å²) in [7, 11) is 0. The molecule has 0 amide bonds. The fourth-order valence-electron chi connectivity index (χ4n) is 2.98.